The van der Waals surface area contributed by atoms with Crippen molar-refractivity contribution in [3.05, 3.63) is 48.5 Å². The van der Waals surface area contributed by atoms with Crippen molar-refractivity contribution >= 4 is 33.8 Å². The van der Waals surface area contributed by atoms with Crippen LogP contribution in [-0.2, 0) is 19.4 Å². The van der Waals surface area contributed by atoms with Crippen LogP contribution < -0.4 is 15.4 Å². The van der Waals surface area contributed by atoms with E-state index in [1.165, 1.54) is 12.1 Å². The Balaban J connectivity index is 0.00000261. The van der Waals surface area contributed by atoms with E-state index >= 15 is 0 Å². The number of sulfone groups is 1. The topological polar surface area (TPSA) is 93.7 Å². The van der Waals surface area contributed by atoms with Crippen LogP contribution in [-0.4, -0.2) is 46.4 Å². The summed E-state index contributed by atoms with van der Waals surface area (Å²) in [5.74, 6) is 0.752. The Morgan fingerprint density at radius 2 is 1.93 bits per heavy atom. The number of amides is 1. The van der Waals surface area contributed by atoms with Gasteiger partial charge in [-0.2, -0.15) is 0 Å². The number of carbonyl (C=O) groups is 1. The minimum absolute atomic E-state index is 0. The van der Waals surface area contributed by atoms with Gasteiger partial charge in [0.25, 0.3) is 5.91 Å². The van der Waals surface area contributed by atoms with E-state index in [-0.39, 0.29) is 23.2 Å². The van der Waals surface area contributed by atoms with Gasteiger partial charge in [-0.15, -0.1) is 12.4 Å². The fourth-order valence-electron chi connectivity index (χ4n) is 2.47. The summed E-state index contributed by atoms with van der Waals surface area (Å²) in [4.78, 5) is 12.3. The average molecular weight is 413 g/mol. The monoisotopic (exact) mass is 412 g/mol. The summed E-state index contributed by atoms with van der Waals surface area (Å²) >= 11 is 0. The Morgan fingerprint density at radius 1 is 1.19 bits per heavy atom. The lowest BCUT2D eigenvalue weighted by molar-refractivity contribution is -0.128. The van der Waals surface area contributed by atoms with Gasteiger partial charge in [-0.3, -0.25) is 4.79 Å². The molecule has 1 aliphatic heterocycles. The van der Waals surface area contributed by atoms with Crippen LogP contribution in [0, 0.1) is 0 Å². The molecular formula is C18H21ClN2O5S. The molecule has 2 aromatic rings. The maximum Gasteiger partial charge on any atom is 0.254 e. The molecule has 9 heteroatoms. The van der Waals surface area contributed by atoms with E-state index in [4.69, 9.17) is 9.47 Å². The van der Waals surface area contributed by atoms with E-state index in [2.05, 4.69) is 10.6 Å². The quantitative estimate of drug-likeness (QED) is 0.782. The molecule has 1 heterocycles. The number of carbonyl (C=O) groups excluding carboxylic acids is 1. The van der Waals surface area contributed by atoms with Crippen molar-refractivity contribution in [2.75, 3.05) is 31.3 Å². The maximum absolute atomic E-state index is 12.1. The average Bonchev–Trinajstić information content (AvgIpc) is 2.63. The minimum Gasteiger partial charge on any atom is -0.457 e. The lowest BCUT2D eigenvalue weighted by Crippen LogP contribution is -2.45. The normalized spacial score (nSPS) is 16.9. The molecule has 1 atom stereocenters. The van der Waals surface area contributed by atoms with Crippen LogP contribution in [0.4, 0.5) is 5.69 Å². The highest BCUT2D eigenvalue weighted by atomic mass is 35.5. The second kappa shape index (κ2) is 9.18. The van der Waals surface area contributed by atoms with Gasteiger partial charge in [0.2, 0.25) is 0 Å². The van der Waals surface area contributed by atoms with E-state index in [1.807, 2.05) is 0 Å². The highest BCUT2D eigenvalue weighted by Crippen LogP contribution is 2.25. The molecule has 0 spiro atoms. The van der Waals surface area contributed by atoms with Crippen LogP contribution in [0.15, 0.2) is 53.4 Å². The number of benzene rings is 2. The Bertz CT molecular complexity index is 881. The summed E-state index contributed by atoms with van der Waals surface area (Å²) in [7, 11) is -3.29. The number of hydrogen-bond acceptors (Lipinski definition) is 6. The summed E-state index contributed by atoms with van der Waals surface area (Å²) < 4.78 is 34.3. The fraction of sp³-hybridized carbons (Fsp3) is 0.278. The minimum atomic E-state index is -3.29. The van der Waals surface area contributed by atoms with Crippen LogP contribution in [0.5, 0.6) is 11.5 Å². The first-order valence-corrected chi connectivity index (χ1v) is 10.0. The molecule has 0 bridgehead atoms. The van der Waals surface area contributed by atoms with Gasteiger partial charge in [0.05, 0.1) is 11.5 Å². The van der Waals surface area contributed by atoms with E-state index in [9.17, 15) is 13.2 Å². The molecule has 1 amide bonds. The lowest BCUT2D eigenvalue weighted by Gasteiger charge is -2.22. The lowest BCUT2D eigenvalue weighted by atomic mass is 10.2. The third kappa shape index (κ3) is 5.93. The summed E-state index contributed by atoms with van der Waals surface area (Å²) in [6.45, 7) is 1.75. The highest BCUT2D eigenvalue weighted by molar-refractivity contribution is 7.90. The highest BCUT2D eigenvalue weighted by Gasteiger charge is 2.21. The predicted molar refractivity (Wildman–Crippen MR) is 105 cm³/mol. The van der Waals surface area contributed by atoms with Gasteiger partial charge >= 0.3 is 0 Å². The standard InChI is InChI=1S/C18H20N2O5S.ClH/c1-26(22,23)16-4-2-3-15(11-16)25-14-7-5-13(6-8-14)20-18(21)17-12-19-9-10-24-17;/h2-8,11,17,19H,9-10,12H2,1H3,(H,20,21);1H. The molecule has 0 radical (unpaired) electrons. The smallest absolute Gasteiger partial charge is 0.254 e. The molecule has 1 unspecified atom stereocenters. The molecule has 7 nitrogen and oxygen atoms in total. The molecule has 146 valence electrons. The van der Waals surface area contributed by atoms with Crippen molar-refractivity contribution < 1.29 is 22.7 Å². The van der Waals surface area contributed by atoms with Gasteiger partial charge in [-0.1, -0.05) is 6.07 Å². The molecule has 3 rings (SSSR count). The number of anilines is 1. The molecule has 1 saturated heterocycles. The van der Waals surface area contributed by atoms with Crippen molar-refractivity contribution in [1.29, 1.82) is 0 Å². The van der Waals surface area contributed by atoms with Gasteiger partial charge in [-0.25, -0.2) is 8.42 Å². The molecule has 0 aliphatic carbocycles. The molecule has 2 N–H and O–H groups in total. The number of morpholine rings is 1. The largest absolute Gasteiger partial charge is 0.457 e. The van der Waals surface area contributed by atoms with Crippen molar-refractivity contribution in [3.63, 3.8) is 0 Å². The third-order valence-corrected chi connectivity index (χ3v) is 4.92. The van der Waals surface area contributed by atoms with Crippen molar-refractivity contribution in [2.24, 2.45) is 0 Å². The third-order valence-electron chi connectivity index (χ3n) is 3.81. The Kier molecular flexibility index (Phi) is 7.20. The Hall–Kier alpha value is -2.13. The Morgan fingerprint density at radius 3 is 2.56 bits per heavy atom. The van der Waals surface area contributed by atoms with Crippen LogP contribution >= 0.6 is 12.4 Å². The maximum atomic E-state index is 12.1. The number of hydrogen-bond donors (Lipinski definition) is 2. The number of nitrogens with one attached hydrogen (secondary N) is 2. The summed E-state index contributed by atoms with van der Waals surface area (Å²) in [5.41, 5.74) is 0.626. The molecular weight excluding hydrogens is 392 g/mol. The zero-order chi connectivity index (χ0) is 18.6. The first-order valence-electron chi connectivity index (χ1n) is 8.13. The first-order chi connectivity index (χ1) is 12.4. The van der Waals surface area contributed by atoms with E-state index < -0.39 is 15.9 Å². The molecule has 1 aliphatic rings. The van der Waals surface area contributed by atoms with Crippen LogP contribution in [0.1, 0.15) is 0 Å². The number of rotatable bonds is 5. The molecule has 2 aromatic carbocycles. The number of ether oxygens (including phenoxy) is 2. The van der Waals surface area contributed by atoms with Crippen LogP contribution in [0.2, 0.25) is 0 Å². The SMILES string of the molecule is CS(=O)(=O)c1cccc(Oc2ccc(NC(=O)C3CNCCO3)cc2)c1.Cl. The van der Waals surface area contributed by atoms with E-state index in [1.54, 1.807) is 36.4 Å². The predicted octanol–water partition coefficient (Wildman–Crippen LogP) is 2.23. The zero-order valence-corrected chi connectivity index (χ0v) is 16.3. The van der Waals surface area contributed by atoms with Crippen LogP contribution in [0.3, 0.4) is 0 Å². The van der Waals surface area contributed by atoms with Gasteiger partial charge in [-0.05, 0) is 42.5 Å². The summed E-state index contributed by atoms with van der Waals surface area (Å²) in [5, 5.41) is 5.90. The first kappa shape index (κ1) is 21.2. The van der Waals surface area contributed by atoms with Crippen molar-refractivity contribution in [2.45, 2.75) is 11.0 Å². The van der Waals surface area contributed by atoms with E-state index in [0.29, 0.717) is 30.3 Å². The van der Waals surface area contributed by atoms with Gasteiger partial charge < -0.3 is 20.1 Å². The second-order valence-corrected chi connectivity index (χ2v) is 7.94. The van der Waals surface area contributed by atoms with Gasteiger partial charge in [0, 0.05) is 25.0 Å². The fourth-order valence-corrected chi connectivity index (χ4v) is 3.12. The Labute approximate surface area is 164 Å². The molecule has 27 heavy (non-hydrogen) atoms. The molecule has 0 aromatic heterocycles. The summed E-state index contributed by atoms with van der Waals surface area (Å²) in [6.07, 6.45) is 0.646. The number of halogens is 1. The summed E-state index contributed by atoms with van der Waals surface area (Å²) in [6, 6.07) is 13.1. The van der Waals surface area contributed by atoms with Crippen molar-refractivity contribution in [1.82, 2.24) is 5.32 Å². The molecule has 0 saturated carbocycles. The zero-order valence-electron chi connectivity index (χ0n) is 14.7. The van der Waals surface area contributed by atoms with Gasteiger partial charge in [0.15, 0.2) is 9.84 Å². The van der Waals surface area contributed by atoms with E-state index in [0.717, 1.165) is 12.8 Å². The van der Waals surface area contributed by atoms with Crippen LogP contribution in [0.25, 0.3) is 0 Å². The van der Waals surface area contributed by atoms with Crippen molar-refractivity contribution in [3.8, 4) is 11.5 Å². The molecule has 1 fully saturated rings. The van der Waals surface area contributed by atoms with Gasteiger partial charge in [0.1, 0.15) is 17.6 Å². The second-order valence-electron chi connectivity index (χ2n) is 5.93.